The van der Waals surface area contributed by atoms with Crippen LogP contribution in [0.5, 0.6) is 0 Å². The van der Waals surface area contributed by atoms with Gasteiger partial charge in [-0.2, -0.15) is 0 Å². The molecule has 162 valence electrons. The number of amides is 2. The minimum atomic E-state index is -0.829. The number of aryl methyl sites for hydroxylation is 1. The number of hydrogen-bond donors (Lipinski definition) is 0. The van der Waals surface area contributed by atoms with Crippen LogP contribution in [0.15, 0.2) is 59.8 Å². The van der Waals surface area contributed by atoms with E-state index in [-0.39, 0.29) is 0 Å². The Kier molecular flexibility index (Phi) is 5.81. The highest BCUT2D eigenvalue weighted by molar-refractivity contribution is 6.06. The molecule has 2 heterocycles. The second-order valence-corrected chi connectivity index (χ2v) is 8.67. The van der Waals surface area contributed by atoms with Crippen molar-refractivity contribution in [3.63, 3.8) is 0 Å². The van der Waals surface area contributed by atoms with Gasteiger partial charge in [0.1, 0.15) is 5.60 Å². The number of imide groups is 1. The zero-order valence-corrected chi connectivity index (χ0v) is 18.2. The van der Waals surface area contributed by atoms with Gasteiger partial charge in [-0.3, -0.25) is 4.79 Å². The molecule has 2 aliphatic rings. The summed E-state index contributed by atoms with van der Waals surface area (Å²) >= 11 is 0. The van der Waals surface area contributed by atoms with Gasteiger partial charge in [-0.1, -0.05) is 67.0 Å². The van der Waals surface area contributed by atoms with E-state index in [9.17, 15) is 9.59 Å². The second kappa shape index (κ2) is 8.53. The fraction of sp³-hybridized carbons (Fsp3) is 0.400. The number of carbonyl (C=O) groups is 2. The highest BCUT2D eigenvalue weighted by Gasteiger charge is 2.52. The Morgan fingerprint density at radius 3 is 2.61 bits per heavy atom. The molecule has 2 atom stereocenters. The van der Waals surface area contributed by atoms with Gasteiger partial charge in [0.25, 0.3) is 5.91 Å². The van der Waals surface area contributed by atoms with Gasteiger partial charge in [0, 0.05) is 6.42 Å². The average molecular weight is 421 g/mol. The largest absolute Gasteiger partial charge is 0.441 e. The lowest BCUT2D eigenvalue weighted by Gasteiger charge is -2.28. The Balaban J connectivity index is 1.50. The van der Waals surface area contributed by atoms with Crippen molar-refractivity contribution in [1.29, 1.82) is 0 Å². The van der Waals surface area contributed by atoms with E-state index in [1.807, 2.05) is 56.3 Å². The molecule has 0 N–H and O–H groups in total. The van der Waals surface area contributed by atoms with E-state index in [0.29, 0.717) is 12.8 Å². The van der Waals surface area contributed by atoms with Crippen molar-refractivity contribution in [1.82, 2.24) is 4.90 Å². The Morgan fingerprint density at radius 1 is 1.13 bits per heavy atom. The molecule has 0 radical (unpaired) electrons. The summed E-state index contributed by atoms with van der Waals surface area (Å²) in [6, 6.07) is 17.5. The molecular formula is C25H28N2O4. The molecule has 2 aromatic carbocycles. The number of cyclic esters (lactones) is 1. The van der Waals surface area contributed by atoms with E-state index in [2.05, 4.69) is 24.2 Å². The van der Waals surface area contributed by atoms with E-state index in [1.165, 1.54) is 10.5 Å². The molecule has 0 unspecified atom stereocenters. The number of nitrogens with zero attached hydrogens (tertiary/aromatic N) is 2. The fourth-order valence-corrected chi connectivity index (χ4v) is 4.23. The van der Waals surface area contributed by atoms with E-state index in [0.717, 1.165) is 29.7 Å². The Hall–Kier alpha value is -3.15. The lowest BCUT2D eigenvalue weighted by molar-refractivity contribution is -0.140. The summed E-state index contributed by atoms with van der Waals surface area (Å²) in [6.45, 7) is 5.81. The second-order valence-electron chi connectivity index (χ2n) is 8.67. The third-order valence-corrected chi connectivity index (χ3v) is 5.91. The summed E-state index contributed by atoms with van der Waals surface area (Å²) in [6.07, 6.45) is 1.44. The molecular weight excluding hydrogens is 392 g/mol. The van der Waals surface area contributed by atoms with E-state index < -0.39 is 29.7 Å². The summed E-state index contributed by atoms with van der Waals surface area (Å²) in [7, 11) is 0. The predicted molar refractivity (Wildman–Crippen MR) is 118 cm³/mol. The van der Waals surface area contributed by atoms with Crippen LogP contribution in [-0.4, -0.2) is 40.4 Å². The summed E-state index contributed by atoms with van der Waals surface area (Å²) in [5, 5.41) is 4.17. The van der Waals surface area contributed by atoms with Crippen LogP contribution in [0.1, 0.15) is 50.3 Å². The molecule has 0 aliphatic carbocycles. The highest BCUT2D eigenvalue weighted by Crippen LogP contribution is 2.33. The number of ether oxygens (including phenoxy) is 1. The van der Waals surface area contributed by atoms with Crippen molar-refractivity contribution < 1.29 is 19.2 Å². The number of benzene rings is 2. The van der Waals surface area contributed by atoms with Gasteiger partial charge in [-0.15, -0.1) is 0 Å². The van der Waals surface area contributed by atoms with Gasteiger partial charge >= 0.3 is 6.09 Å². The summed E-state index contributed by atoms with van der Waals surface area (Å²) < 4.78 is 5.55. The monoisotopic (exact) mass is 420 g/mol. The average Bonchev–Trinajstić information content (AvgIpc) is 3.32. The quantitative estimate of drug-likeness (QED) is 0.690. The normalized spacial score (nSPS) is 22.1. The van der Waals surface area contributed by atoms with Gasteiger partial charge in [-0.05, 0) is 49.4 Å². The lowest BCUT2D eigenvalue weighted by Crippen LogP contribution is -2.49. The zero-order valence-electron chi connectivity index (χ0n) is 18.2. The molecule has 4 rings (SSSR count). The van der Waals surface area contributed by atoms with Crippen molar-refractivity contribution in [3.05, 3.63) is 71.3 Å². The maximum Gasteiger partial charge on any atom is 0.417 e. The van der Waals surface area contributed by atoms with E-state index in [4.69, 9.17) is 9.57 Å². The minimum Gasteiger partial charge on any atom is -0.441 e. The topological polar surface area (TPSA) is 68.2 Å². The highest BCUT2D eigenvalue weighted by atomic mass is 16.6. The third-order valence-electron chi connectivity index (χ3n) is 5.91. The number of oxime groups is 1. The SMILES string of the molecule is CCCc1cccc(C2=NO[C@H](C(=O)N3C(=O)OC(C)(C)[C@@H]3Cc3ccccc3)C2)c1. The van der Waals surface area contributed by atoms with Crippen LogP contribution in [0.4, 0.5) is 4.79 Å². The summed E-state index contributed by atoms with van der Waals surface area (Å²) in [4.78, 5) is 32.7. The number of rotatable bonds is 6. The van der Waals surface area contributed by atoms with E-state index >= 15 is 0 Å². The van der Waals surface area contributed by atoms with Crippen molar-refractivity contribution >= 4 is 17.7 Å². The first-order valence-corrected chi connectivity index (χ1v) is 10.8. The van der Waals surface area contributed by atoms with Gasteiger partial charge in [-0.25, -0.2) is 9.69 Å². The standard InChI is InChI=1S/C25H28N2O4/c1-4-9-17-12-8-13-19(14-17)20-16-21(31-26-20)23(28)27-22(25(2,3)30-24(27)29)15-18-10-6-5-7-11-18/h5-8,10-14,21-22H,4,9,15-16H2,1-3H3/t21-,22-/m0/s1. The van der Waals surface area contributed by atoms with Crippen LogP contribution < -0.4 is 0 Å². The smallest absolute Gasteiger partial charge is 0.417 e. The van der Waals surface area contributed by atoms with Crippen LogP contribution in [0, 0.1) is 0 Å². The molecule has 6 heteroatoms. The molecule has 2 amide bonds. The summed E-state index contributed by atoms with van der Waals surface area (Å²) in [5.41, 5.74) is 3.15. The van der Waals surface area contributed by atoms with Gasteiger partial charge in [0.05, 0.1) is 11.8 Å². The Morgan fingerprint density at radius 2 is 1.87 bits per heavy atom. The first-order chi connectivity index (χ1) is 14.9. The molecule has 2 aromatic rings. The fourth-order valence-electron chi connectivity index (χ4n) is 4.23. The van der Waals surface area contributed by atoms with Crippen LogP contribution in [0.25, 0.3) is 0 Å². The van der Waals surface area contributed by atoms with Crippen LogP contribution in [-0.2, 0) is 27.2 Å². The lowest BCUT2D eigenvalue weighted by atomic mass is 9.91. The Bertz CT molecular complexity index is 1000. The van der Waals surface area contributed by atoms with Crippen molar-refractivity contribution in [3.8, 4) is 0 Å². The first-order valence-electron chi connectivity index (χ1n) is 10.8. The molecule has 0 spiro atoms. The molecule has 31 heavy (non-hydrogen) atoms. The van der Waals surface area contributed by atoms with Crippen LogP contribution >= 0.6 is 0 Å². The first kappa shape index (κ1) is 21.1. The maximum atomic E-state index is 13.3. The molecule has 2 aliphatic heterocycles. The third kappa shape index (κ3) is 4.33. The summed E-state index contributed by atoms with van der Waals surface area (Å²) in [5.74, 6) is -0.403. The maximum absolute atomic E-state index is 13.3. The Labute approximate surface area is 182 Å². The van der Waals surface area contributed by atoms with Gasteiger partial charge in [0.2, 0.25) is 6.10 Å². The molecule has 0 aromatic heterocycles. The zero-order chi connectivity index (χ0) is 22.0. The van der Waals surface area contributed by atoms with Crippen LogP contribution in [0.3, 0.4) is 0 Å². The minimum absolute atomic E-state index is 0.330. The molecule has 6 nitrogen and oxygen atoms in total. The van der Waals surface area contributed by atoms with Crippen LogP contribution in [0.2, 0.25) is 0 Å². The van der Waals surface area contributed by atoms with E-state index in [1.54, 1.807) is 0 Å². The number of hydrogen-bond acceptors (Lipinski definition) is 5. The van der Waals surface area contributed by atoms with Gasteiger partial charge < -0.3 is 9.57 Å². The molecule has 0 bridgehead atoms. The predicted octanol–water partition coefficient (Wildman–Crippen LogP) is 4.50. The molecule has 1 saturated heterocycles. The van der Waals surface area contributed by atoms with Crippen molar-refractivity contribution in [2.24, 2.45) is 5.16 Å². The van der Waals surface area contributed by atoms with Crippen molar-refractivity contribution in [2.45, 2.75) is 64.2 Å². The molecule has 0 saturated carbocycles. The number of carbonyl (C=O) groups excluding carboxylic acids is 2. The van der Waals surface area contributed by atoms with Gasteiger partial charge in [0.15, 0.2) is 0 Å². The van der Waals surface area contributed by atoms with Crippen molar-refractivity contribution in [2.75, 3.05) is 0 Å². The molecule has 1 fully saturated rings.